The van der Waals surface area contributed by atoms with E-state index < -0.39 is 0 Å². The maximum atomic E-state index is 12.9. The van der Waals surface area contributed by atoms with Gasteiger partial charge in [-0.2, -0.15) is 0 Å². The van der Waals surface area contributed by atoms with Gasteiger partial charge in [-0.05, 0) is 103 Å². The molecule has 0 amide bonds. The molecule has 3 aromatic carbocycles. The largest absolute Gasteiger partial charge is 0.494 e. The monoisotopic (exact) mass is 648 g/mol. The van der Waals surface area contributed by atoms with Gasteiger partial charge in [-0.1, -0.05) is 6.07 Å². The number of fused-ring (bicyclic) bond motifs is 3. The second-order valence-electron chi connectivity index (χ2n) is 12.2. The van der Waals surface area contributed by atoms with Crippen LogP contribution in [-0.4, -0.2) is 60.4 Å². The molecule has 3 aromatic heterocycles. The summed E-state index contributed by atoms with van der Waals surface area (Å²) in [6.07, 6.45) is 3.67. The summed E-state index contributed by atoms with van der Waals surface area (Å²) in [5.74, 6) is 1.51. The number of piperazine rings is 1. The summed E-state index contributed by atoms with van der Waals surface area (Å²) < 4.78 is 15.2. The predicted octanol–water partition coefficient (Wildman–Crippen LogP) is 6.90. The molecule has 1 aliphatic heterocycles. The second kappa shape index (κ2) is 14.4. The molecule has 7 rings (SSSR count). The van der Waals surface area contributed by atoms with Crippen molar-refractivity contribution in [3.63, 3.8) is 0 Å². The number of ether oxygens (including phenoxy) is 2. The number of rotatable bonds is 13. The molecule has 6 aromatic rings. The Hall–Kier alpha value is -4.60. The van der Waals surface area contributed by atoms with Crippen LogP contribution in [0.5, 0.6) is 11.5 Å². The van der Waals surface area contributed by atoms with Crippen LogP contribution >= 0.6 is 11.3 Å². The summed E-state index contributed by atoms with van der Waals surface area (Å²) in [6.45, 7) is 7.08. The van der Waals surface area contributed by atoms with E-state index >= 15 is 0 Å². The highest BCUT2D eigenvalue weighted by atomic mass is 32.1. The van der Waals surface area contributed by atoms with Crippen LogP contribution in [-0.2, 0) is 6.54 Å². The van der Waals surface area contributed by atoms with Gasteiger partial charge >= 0.3 is 0 Å². The van der Waals surface area contributed by atoms with Crippen LogP contribution in [0.15, 0.2) is 99.9 Å². The van der Waals surface area contributed by atoms with Crippen molar-refractivity contribution in [2.75, 3.05) is 50.8 Å². The van der Waals surface area contributed by atoms with Gasteiger partial charge in [0.05, 0.1) is 24.2 Å². The summed E-state index contributed by atoms with van der Waals surface area (Å²) in [4.78, 5) is 32.4. The third-order valence-electron chi connectivity index (χ3n) is 9.03. The predicted molar refractivity (Wildman–Crippen MR) is 193 cm³/mol. The van der Waals surface area contributed by atoms with E-state index in [1.165, 1.54) is 21.8 Å². The standard InChI is InChI=1S/C38H40N4O4S/c43-37-14-10-28-8-12-30(26-33(28)39-37)45-23-3-4-24-46-31-13-9-29-11-15-38(44)42(35(29)27-31)18-2-1-17-40-19-21-41(22-20-40)34-6-5-7-36-32(34)16-25-47-36/h5-16,25-27H,1-4,17-24H2,(H,39,43). The molecule has 0 radical (unpaired) electrons. The summed E-state index contributed by atoms with van der Waals surface area (Å²) in [7, 11) is 0. The highest BCUT2D eigenvalue weighted by Crippen LogP contribution is 2.31. The minimum Gasteiger partial charge on any atom is -0.494 e. The van der Waals surface area contributed by atoms with Crippen molar-refractivity contribution in [1.82, 2.24) is 14.5 Å². The topological polar surface area (TPSA) is 79.8 Å². The maximum absolute atomic E-state index is 12.9. The molecule has 1 N–H and O–H groups in total. The van der Waals surface area contributed by atoms with Gasteiger partial charge in [-0.15, -0.1) is 11.3 Å². The number of thiophene rings is 1. The fourth-order valence-electron chi connectivity index (χ4n) is 6.46. The van der Waals surface area contributed by atoms with Crippen molar-refractivity contribution >= 4 is 48.9 Å². The van der Waals surface area contributed by atoms with Gasteiger partial charge in [0.15, 0.2) is 0 Å². The summed E-state index contributed by atoms with van der Waals surface area (Å²) in [6, 6.07) is 27.5. The van der Waals surface area contributed by atoms with Crippen molar-refractivity contribution in [1.29, 1.82) is 0 Å². The van der Waals surface area contributed by atoms with Crippen molar-refractivity contribution < 1.29 is 9.47 Å². The number of unbranched alkanes of at least 4 members (excludes halogenated alkanes) is 2. The van der Waals surface area contributed by atoms with Gasteiger partial charge in [0.2, 0.25) is 5.56 Å². The number of aromatic nitrogens is 2. The third-order valence-corrected chi connectivity index (χ3v) is 9.91. The van der Waals surface area contributed by atoms with Crippen LogP contribution in [0.4, 0.5) is 5.69 Å². The van der Waals surface area contributed by atoms with Crippen LogP contribution < -0.4 is 25.5 Å². The molecule has 0 unspecified atom stereocenters. The number of aryl methyl sites for hydroxylation is 1. The Kier molecular flexibility index (Phi) is 9.53. The molecule has 1 aliphatic rings. The number of hydrogen-bond donors (Lipinski definition) is 1. The van der Waals surface area contributed by atoms with E-state index in [0.29, 0.717) is 19.8 Å². The van der Waals surface area contributed by atoms with E-state index in [-0.39, 0.29) is 11.1 Å². The van der Waals surface area contributed by atoms with Crippen LogP contribution in [0.1, 0.15) is 25.7 Å². The smallest absolute Gasteiger partial charge is 0.251 e. The van der Waals surface area contributed by atoms with Crippen molar-refractivity contribution in [3.05, 3.63) is 111 Å². The molecule has 1 saturated heterocycles. The molecular weight excluding hydrogens is 609 g/mol. The first-order valence-corrected chi connectivity index (χ1v) is 17.4. The zero-order chi connectivity index (χ0) is 32.0. The Bertz CT molecular complexity index is 2090. The lowest BCUT2D eigenvalue weighted by atomic mass is 10.1. The van der Waals surface area contributed by atoms with Gasteiger partial charge in [-0.25, -0.2) is 0 Å². The van der Waals surface area contributed by atoms with Gasteiger partial charge in [0.1, 0.15) is 11.5 Å². The Morgan fingerprint density at radius 1 is 0.702 bits per heavy atom. The lowest BCUT2D eigenvalue weighted by Crippen LogP contribution is -2.46. The molecule has 0 spiro atoms. The van der Waals surface area contributed by atoms with E-state index in [9.17, 15) is 9.59 Å². The van der Waals surface area contributed by atoms with Crippen molar-refractivity contribution in [3.8, 4) is 11.5 Å². The number of aromatic amines is 1. The summed E-state index contributed by atoms with van der Waals surface area (Å²) in [5, 5.41) is 5.56. The Balaban J connectivity index is 0.861. The van der Waals surface area contributed by atoms with Gasteiger partial charge in [0.25, 0.3) is 5.56 Å². The maximum Gasteiger partial charge on any atom is 0.251 e. The SMILES string of the molecule is O=c1ccc2ccc(OCCCCOc3ccc4ccc(=O)n(CCCCN5CCN(c6cccc7sccc67)CC5)c4c3)cc2[nH]1. The number of nitrogens with zero attached hydrogens (tertiary/aromatic N) is 3. The zero-order valence-corrected chi connectivity index (χ0v) is 27.3. The van der Waals surface area contributed by atoms with Gasteiger partial charge < -0.3 is 23.9 Å². The Labute approximate surface area is 277 Å². The molecule has 9 heteroatoms. The zero-order valence-electron chi connectivity index (χ0n) is 26.5. The average Bonchev–Trinajstić information content (AvgIpc) is 3.58. The lowest BCUT2D eigenvalue weighted by molar-refractivity contribution is 0.251. The third kappa shape index (κ3) is 7.37. The second-order valence-corrected chi connectivity index (χ2v) is 13.1. The van der Waals surface area contributed by atoms with Crippen molar-refractivity contribution in [2.24, 2.45) is 0 Å². The molecule has 0 saturated carbocycles. The molecule has 47 heavy (non-hydrogen) atoms. The van der Waals surface area contributed by atoms with E-state index in [1.54, 1.807) is 23.5 Å². The normalized spacial score (nSPS) is 13.9. The summed E-state index contributed by atoms with van der Waals surface area (Å²) in [5.41, 5.74) is 2.95. The van der Waals surface area contributed by atoms with Gasteiger partial charge in [0, 0.05) is 72.8 Å². The average molecular weight is 649 g/mol. The molecular formula is C38H40N4O4S. The molecule has 4 heterocycles. The Morgan fingerprint density at radius 3 is 2.26 bits per heavy atom. The van der Waals surface area contributed by atoms with E-state index in [1.807, 2.05) is 47.0 Å². The first kappa shape index (κ1) is 31.0. The fourth-order valence-corrected chi connectivity index (χ4v) is 7.27. The lowest BCUT2D eigenvalue weighted by Gasteiger charge is -2.36. The minimum atomic E-state index is -0.124. The van der Waals surface area contributed by atoms with Crippen LogP contribution in [0.3, 0.4) is 0 Å². The minimum absolute atomic E-state index is 0.0285. The quantitative estimate of drug-likeness (QED) is 0.137. The van der Waals surface area contributed by atoms with Crippen LogP contribution in [0.2, 0.25) is 0 Å². The molecule has 0 bridgehead atoms. The number of nitrogens with one attached hydrogen (secondary N) is 1. The number of benzene rings is 3. The molecule has 8 nitrogen and oxygen atoms in total. The van der Waals surface area contributed by atoms with E-state index in [4.69, 9.17) is 9.47 Å². The van der Waals surface area contributed by atoms with Crippen LogP contribution in [0.25, 0.3) is 31.9 Å². The van der Waals surface area contributed by atoms with E-state index in [2.05, 4.69) is 44.4 Å². The highest BCUT2D eigenvalue weighted by Gasteiger charge is 2.18. The van der Waals surface area contributed by atoms with Gasteiger partial charge in [-0.3, -0.25) is 14.5 Å². The van der Waals surface area contributed by atoms with E-state index in [0.717, 1.165) is 91.7 Å². The molecule has 0 aliphatic carbocycles. The first-order valence-electron chi connectivity index (χ1n) is 16.6. The summed E-state index contributed by atoms with van der Waals surface area (Å²) >= 11 is 1.81. The van der Waals surface area contributed by atoms with Crippen LogP contribution in [0, 0.1) is 0 Å². The molecule has 0 atom stereocenters. The highest BCUT2D eigenvalue weighted by molar-refractivity contribution is 7.17. The van der Waals surface area contributed by atoms with Crippen molar-refractivity contribution in [2.45, 2.75) is 32.2 Å². The Morgan fingerprint density at radius 2 is 1.43 bits per heavy atom. The number of H-pyrrole nitrogens is 1. The number of pyridine rings is 2. The molecule has 1 fully saturated rings. The number of hydrogen-bond acceptors (Lipinski definition) is 7. The molecule has 242 valence electrons. The fraction of sp³-hybridized carbons (Fsp3) is 0.316. The first-order chi connectivity index (χ1) is 23.1. The number of anilines is 1.